The third kappa shape index (κ3) is 5.90. The largest absolute Gasteiger partial charge is 0.497 e. The van der Waals surface area contributed by atoms with Crippen LogP contribution in [0.1, 0.15) is 38.8 Å². The zero-order valence-corrected chi connectivity index (χ0v) is 13.0. The summed E-state index contributed by atoms with van der Waals surface area (Å²) in [5.74, 6) is 0.883. The number of methoxy groups -OCH3 is 1. The predicted octanol–water partition coefficient (Wildman–Crippen LogP) is 3.14. The van der Waals surface area contributed by atoms with Crippen LogP contribution >= 0.6 is 0 Å². The number of nitrogens with one attached hydrogen (secondary N) is 1. The summed E-state index contributed by atoms with van der Waals surface area (Å²) < 4.78 is 16.2. The normalized spacial score (nSPS) is 12.7. The van der Waals surface area contributed by atoms with Crippen LogP contribution in [0.4, 0.5) is 0 Å². The minimum absolute atomic E-state index is 0.111. The van der Waals surface area contributed by atoms with Crippen LogP contribution < -0.4 is 10.1 Å². The molecule has 1 N–H and O–H groups in total. The molecule has 4 nitrogen and oxygen atoms in total. The van der Waals surface area contributed by atoms with Crippen molar-refractivity contribution in [2.75, 3.05) is 26.9 Å². The lowest BCUT2D eigenvalue weighted by Gasteiger charge is -2.19. The third-order valence-electron chi connectivity index (χ3n) is 3.15. The molecule has 0 aliphatic heterocycles. The van der Waals surface area contributed by atoms with Gasteiger partial charge < -0.3 is 19.5 Å². The van der Waals surface area contributed by atoms with Gasteiger partial charge in [0.05, 0.1) is 7.11 Å². The molecule has 1 aromatic rings. The first kappa shape index (κ1) is 17.0. The molecule has 0 saturated heterocycles. The first-order chi connectivity index (χ1) is 9.71. The van der Waals surface area contributed by atoms with Gasteiger partial charge in [0.25, 0.3) is 0 Å². The van der Waals surface area contributed by atoms with Gasteiger partial charge in [0.15, 0.2) is 6.29 Å². The van der Waals surface area contributed by atoms with Crippen LogP contribution in [-0.2, 0) is 9.47 Å². The highest BCUT2D eigenvalue weighted by Crippen LogP contribution is 2.17. The van der Waals surface area contributed by atoms with Crippen LogP contribution in [0.2, 0.25) is 0 Å². The number of hydrogen-bond acceptors (Lipinski definition) is 4. The summed E-state index contributed by atoms with van der Waals surface area (Å²) >= 11 is 0. The average molecular weight is 281 g/mol. The van der Waals surface area contributed by atoms with Crippen molar-refractivity contribution in [3.05, 3.63) is 29.8 Å². The van der Waals surface area contributed by atoms with Crippen LogP contribution in [-0.4, -0.2) is 33.2 Å². The van der Waals surface area contributed by atoms with E-state index in [1.807, 2.05) is 26.0 Å². The maximum atomic E-state index is 5.52. The topological polar surface area (TPSA) is 39.7 Å². The van der Waals surface area contributed by atoms with Crippen LogP contribution in [0.25, 0.3) is 0 Å². The van der Waals surface area contributed by atoms with Crippen molar-refractivity contribution in [2.24, 2.45) is 0 Å². The van der Waals surface area contributed by atoms with Crippen LogP contribution in [0.15, 0.2) is 24.3 Å². The van der Waals surface area contributed by atoms with Crippen LogP contribution in [0, 0.1) is 0 Å². The molecular weight excluding hydrogens is 254 g/mol. The summed E-state index contributed by atoms with van der Waals surface area (Å²) in [7, 11) is 1.68. The van der Waals surface area contributed by atoms with Gasteiger partial charge >= 0.3 is 0 Å². The maximum Gasteiger partial charge on any atom is 0.158 e. The van der Waals surface area contributed by atoms with Crippen molar-refractivity contribution in [3.63, 3.8) is 0 Å². The molecule has 0 fully saturated rings. The second-order valence-electron chi connectivity index (χ2n) is 4.58. The Morgan fingerprint density at radius 3 is 2.15 bits per heavy atom. The average Bonchev–Trinajstić information content (AvgIpc) is 2.47. The molecule has 4 heteroatoms. The van der Waals surface area contributed by atoms with E-state index in [4.69, 9.17) is 14.2 Å². The Bertz CT molecular complexity index is 347. The Balaban J connectivity index is 2.35. The summed E-state index contributed by atoms with van der Waals surface area (Å²) in [5, 5.41) is 3.48. The van der Waals surface area contributed by atoms with E-state index >= 15 is 0 Å². The summed E-state index contributed by atoms with van der Waals surface area (Å²) in [6.07, 6.45) is 0.739. The molecule has 0 radical (unpaired) electrons. The molecule has 0 aromatic heterocycles. The molecule has 1 unspecified atom stereocenters. The lowest BCUT2D eigenvalue weighted by atomic mass is 10.1. The van der Waals surface area contributed by atoms with Gasteiger partial charge in [-0.05, 0) is 38.5 Å². The van der Waals surface area contributed by atoms with Crippen LogP contribution in [0.5, 0.6) is 5.75 Å². The van der Waals surface area contributed by atoms with Crippen molar-refractivity contribution in [1.29, 1.82) is 0 Å². The van der Waals surface area contributed by atoms with Gasteiger partial charge in [0, 0.05) is 32.2 Å². The molecule has 0 bridgehead atoms. The van der Waals surface area contributed by atoms with E-state index in [0.717, 1.165) is 18.7 Å². The molecule has 20 heavy (non-hydrogen) atoms. The Morgan fingerprint density at radius 2 is 1.65 bits per heavy atom. The van der Waals surface area contributed by atoms with Gasteiger partial charge in [-0.15, -0.1) is 0 Å². The molecular formula is C16H27NO3. The zero-order valence-electron chi connectivity index (χ0n) is 13.0. The monoisotopic (exact) mass is 281 g/mol. The van der Waals surface area contributed by atoms with Gasteiger partial charge in [-0.1, -0.05) is 12.1 Å². The fourth-order valence-electron chi connectivity index (χ4n) is 2.01. The summed E-state index contributed by atoms with van der Waals surface area (Å²) in [4.78, 5) is 0. The Labute approximate surface area is 122 Å². The van der Waals surface area contributed by atoms with Crippen LogP contribution in [0.3, 0.4) is 0 Å². The van der Waals surface area contributed by atoms with Crippen molar-refractivity contribution >= 4 is 0 Å². The molecule has 1 rings (SSSR count). The van der Waals surface area contributed by atoms with E-state index in [-0.39, 0.29) is 6.29 Å². The Morgan fingerprint density at radius 1 is 1.05 bits per heavy atom. The molecule has 0 aliphatic carbocycles. The predicted molar refractivity (Wildman–Crippen MR) is 81.1 cm³/mol. The van der Waals surface area contributed by atoms with Gasteiger partial charge in [-0.2, -0.15) is 0 Å². The standard InChI is InChI=1S/C16H27NO3/c1-5-19-16(20-6-2)11-12-17-13(3)14-7-9-15(18-4)10-8-14/h7-10,13,16-17H,5-6,11-12H2,1-4H3. The van der Waals surface area contributed by atoms with Gasteiger partial charge in [-0.3, -0.25) is 0 Å². The van der Waals surface area contributed by atoms with Crippen molar-refractivity contribution in [3.8, 4) is 5.75 Å². The number of rotatable bonds is 10. The van der Waals surface area contributed by atoms with E-state index in [2.05, 4.69) is 24.4 Å². The van der Waals surface area contributed by atoms with E-state index in [0.29, 0.717) is 19.3 Å². The van der Waals surface area contributed by atoms with E-state index in [1.54, 1.807) is 7.11 Å². The highest BCUT2D eigenvalue weighted by molar-refractivity contribution is 5.28. The molecule has 0 heterocycles. The van der Waals surface area contributed by atoms with Crippen molar-refractivity contribution in [1.82, 2.24) is 5.32 Å². The summed E-state index contributed by atoms with van der Waals surface area (Å²) in [6, 6.07) is 8.43. The molecule has 0 aliphatic rings. The maximum absolute atomic E-state index is 5.52. The van der Waals surface area contributed by atoms with Crippen molar-refractivity contribution in [2.45, 2.75) is 39.5 Å². The van der Waals surface area contributed by atoms with E-state index in [9.17, 15) is 0 Å². The van der Waals surface area contributed by atoms with Gasteiger partial charge in [0.1, 0.15) is 5.75 Å². The third-order valence-corrected chi connectivity index (χ3v) is 3.15. The number of ether oxygens (including phenoxy) is 3. The summed E-state index contributed by atoms with van der Waals surface area (Å²) in [5.41, 5.74) is 1.25. The Kier molecular flexibility index (Phi) is 8.26. The fraction of sp³-hybridized carbons (Fsp3) is 0.625. The van der Waals surface area contributed by atoms with Crippen molar-refractivity contribution < 1.29 is 14.2 Å². The van der Waals surface area contributed by atoms with Gasteiger partial charge in [-0.25, -0.2) is 0 Å². The molecule has 1 atom stereocenters. The second-order valence-corrected chi connectivity index (χ2v) is 4.58. The van der Waals surface area contributed by atoms with E-state index in [1.165, 1.54) is 5.56 Å². The minimum atomic E-state index is -0.111. The first-order valence-electron chi connectivity index (χ1n) is 7.31. The quantitative estimate of drug-likeness (QED) is 0.669. The first-order valence-corrected chi connectivity index (χ1v) is 7.31. The minimum Gasteiger partial charge on any atom is -0.497 e. The number of benzene rings is 1. The smallest absolute Gasteiger partial charge is 0.158 e. The lowest BCUT2D eigenvalue weighted by Crippen LogP contribution is -2.26. The molecule has 0 spiro atoms. The molecule has 0 saturated carbocycles. The SMILES string of the molecule is CCOC(CCNC(C)c1ccc(OC)cc1)OCC. The molecule has 0 amide bonds. The highest BCUT2D eigenvalue weighted by Gasteiger charge is 2.09. The number of hydrogen-bond donors (Lipinski definition) is 1. The second kappa shape index (κ2) is 9.75. The van der Waals surface area contributed by atoms with E-state index < -0.39 is 0 Å². The molecule has 114 valence electrons. The molecule has 1 aromatic carbocycles. The zero-order chi connectivity index (χ0) is 14.8. The lowest BCUT2D eigenvalue weighted by molar-refractivity contribution is -0.138. The fourth-order valence-corrected chi connectivity index (χ4v) is 2.01. The van der Waals surface area contributed by atoms with Gasteiger partial charge in [0.2, 0.25) is 0 Å². The summed E-state index contributed by atoms with van der Waals surface area (Å²) in [6.45, 7) is 8.34. The highest BCUT2D eigenvalue weighted by atomic mass is 16.7. The Hall–Kier alpha value is -1.10.